The molecule has 0 radical (unpaired) electrons. The molecule has 0 aromatic carbocycles. The van der Waals surface area contributed by atoms with Gasteiger partial charge in [-0.2, -0.15) is 13.2 Å². The number of halogens is 3. The molecule has 0 spiro atoms. The van der Waals surface area contributed by atoms with Crippen LogP contribution in [0, 0.1) is 0 Å². The molecular weight excluding hydrogens is 353 g/mol. The van der Waals surface area contributed by atoms with Crippen LogP contribution in [0.1, 0.15) is 44.9 Å². The van der Waals surface area contributed by atoms with Crippen molar-refractivity contribution >= 4 is 12.0 Å². The number of carbonyl (C=O) groups is 2. The van der Waals surface area contributed by atoms with Crippen molar-refractivity contribution < 1.29 is 27.5 Å². The first-order chi connectivity index (χ1) is 11.9. The van der Waals surface area contributed by atoms with E-state index in [0.717, 1.165) is 12.3 Å². The molecule has 1 aromatic heterocycles. The summed E-state index contributed by atoms with van der Waals surface area (Å²) in [4.78, 5) is 26.6. The normalized spacial score (nSPS) is 13.0. The lowest BCUT2D eigenvalue weighted by Gasteiger charge is -2.23. The Labute approximate surface area is 149 Å². The Morgan fingerprint density at radius 2 is 1.92 bits per heavy atom. The van der Waals surface area contributed by atoms with E-state index in [1.165, 1.54) is 6.07 Å². The molecule has 1 rings (SSSR count). The monoisotopic (exact) mass is 376 g/mol. The van der Waals surface area contributed by atoms with Crippen LogP contribution in [0.25, 0.3) is 0 Å². The number of ether oxygens (including phenoxy) is 1. The van der Waals surface area contributed by atoms with Gasteiger partial charge in [-0.25, -0.2) is 10.6 Å². The second-order valence-corrected chi connectivity index (χ2v) is 6.70. The van der Waals surface area contributed by atoms with Crippen molar-refractivity contribution in [3.63, 3.8) is 0 Å². The number of nitrogens with one attached hydrogen (secondary N) is 2. The van der Waals surface area contributed by atoms with Crippen LogP contribution < -0.4 is 16.6 Å². The number of aromatic nitrogens is 1. The molecule has 10 heteroatoms. The third-order valence-electron chi connectivity index (χ3n) is 3.20. The zero-order valence-corrected chi connectivity index (χ0v) is 14.8. The number of amides is 2. The molecule has 0 aliphatic rings. The fraction of sp³-hybridized carbons (Fsp3) is 0.562. The fourth-order valence-electron chi connectivity index (χ4n) is 2.07. The van der Waals surface area contributed by atoms with E-state index in [-0.39, 0.29) is 19.3 Å². The zero-order valence-electron chi connectivity index (χ0n) is 14.8. The lowest BCUT2D eigenvalue weighted by Crippen LogP contribution is -2.41. The predicted octanol–water partition coefficient (Wildman–Crippen LogP) is 2.31. The summed E-state index contributed by atoms with van der Waals surface area (Å²) in [6.07, 6.45) is -3.67. The number of alkyl halides is 3. The molecule has 0 aliphatic heterocycles. The van der Waals surface area contributed by atoms with Gasteiger partial charge in [0.1, 0.15) is 11.3 Å². The first-order valence-corrected chi connectivity index (χ1v) is 7.92. The van der Waals surface area contributed by atoms with Crippen molar-refractivity contribution in [3.05, 3.63) is 29.6 Å². The minimum atomic E-state index is -4.52. The number of nitrogens with two attached hydrogens (primary N) is 1. The zero-order chi connectivity index (χ0) is 20.0. The van der Waals surface area contributed by atoms with E-state index in [0.29, 0.717) is 5.56 Å². The summed E-state index contributed by atoms with van der Waals surface area (Å²) in [6.45, 7) is 5.09. The van der Waals surface area contributed by atoms with Gasteiger partial charge in [0.25, 0.3) is 0 Å². The van der Waals surface area contributed by atoms with Crippen molar-refractivity contribution in [2.24, 2.45) is 5.84 Å². The summed E-state index contributed by atoms with van der Waals surface area (Å²) in [5, 5.41) is 2.61. The molecule has 0 unspecified atom stereocenters. The van der Waals surface area contributed by atoms with Gasteiger partial charge in [0.05, 0.1) is 0 Å². The molecule has 0 saturated heterocycles. The maximum atomic E-state index is 12.6. The Kier molecular flexibility index (Phi) is 7.37. The summed E-state index contributed by atoms with van der Waals surface area (Å²) < 4.78 is 42.9. The van der Waals surface area contributed by atoms with E-state index in [1.807, 2.05) is 5.43 Å². The van der Waals surface area contributed by atoms with Crippen molar-refractivity contribution in [3.8, 4) is 0 Å². The lowest BCUT2D eigenvalue weighted by molar-refractivity contribution is -0.141. The molecule has 2 amide bonds. The Morgan fingerprint density at radius 3 is 2.38 bits per heavy atom. The second kappa shape index (κ2) is 8.84. The Hall–Kier alpha value is -2.36. The highest BCUT2D eigenvalue weighted by atomic mass is 19.4. The number of hydrogen-bond acceptors (Lipinski definition) is 5. The fourth-order valence-corrected chi connectivity index (χ4v) is 2.07. The lowest BCUT2D eigenvalue weighted by atomic mass is 10.0. The Bertz CT molecular complexity index is 613. The number of carbonyl (C=O) groups excluding carboxylic acids is 2. The van der Waals surface area contributed by atoms with Crippen LogP contribution in [0.5, 0.6) is 0 Å². The maximum Gasteiger partial charge on any atom is 0.433 e. The quantitative estimate of drug-likeness (QED) is 0.401. The third kappa shape index (κ3) is 8.15. The van der Waals surface area contributed by atoms with Crippen molar-refractivity contribution in [1.29, 1.82) is 0 Å². The first kappa shape index (κ1) is 21.7. The molecule has 1 heterocycles. The molecule has 0 fully saturated rings. The molecule has 7 nitrogen and oxygen atoms in total. The van der Waals surface area contributed by atoms with E-state index in [2.05, 4.69) is 10.3 Å². The van der Waals surface area contributed by atoms with E-state index >= 15 is 0 Å². The minimum Gasteiger partial charge on any atom is -0.444 e. The van der Waals surface area contributed by atoms with Crippen LogP contribution in [-0.2, 0) is 22.1 Å². The summed E-state index contributed by atoms with van der Waals surface area (Å²) in [6, 6.07) is 1.61. The second-order valence-electron chi connectivity index (χ2n) is 6.70. The van der Waals surface area contributed by atoms with E-state index in [9.17, 15) is 22.8 Å². The van der Waals surface area contributed by atoms with Crippen molar-refractivity contribution in [2.75, 3.05) is 0 Å². The molecule has 0 saturated carbocycles. The van der Waals surface area contributed by atoms with Crippen LogP contribution in [-0.4, -0.2) is 28.6 Å². The predicted molar refractivity (Wildman–Crippen MR) is 87.7 cm³/mol. The average Bonchev–Trinajstić information content (AvgIpc) is 2.50. The highest BCUT2D eigenvalue weighted by Gasteiger charge is 2.32. The van der Waals surface area contributed by atoms with E-state index in [1.54, 1.807) is 20.8 Å². The summed E-state index contributed by atoms with van der Waals surface area (Å²) >= 11 is 0. The minimum absolute atomic E-state index is 0.0328. The standard InChI is InChI=1S/C16H23F3N4O3/c1-15(2,3)26-14(25)22-11(5-7-13(24)23-20)8-10-4-6-12(21-9-10)16(17,18)19/h4,6,9,11H,5,7-8,20H2,1-3H3,(H,22,25)(H,23,24)/t11-/m0/s1. The number of rotatable bonds is 6. The molecule has 146 valence electrons. The third-order valence-corrected chi connectivity index (χ3v) is 3.20. The Balaban J connectivity index is 2.80. The number of alkyl carbamates (subject to hydrolysis) is 1. The van der Waals surface area contributed by atoms with Gasteiger partial charge in [-0.05, 0) is 45.2 Å². The summed E-state index contributed by atoms with van der Waals surface area (Å²) in [7, 11) is 0. The highest BCUT2D eigenvalue weighted by Crippen LogP contribution is 2.27. The van der Waals surface area contributed by atoms with Gasteiger partial charge in [-0.3, -0.25) is 15.2 Å². The molecular formula is C16H23F3N4O3. The van der Waals surface area contributed by atoms with Gasteiger partial charge >= 0.3 is 12.3 Å². The number of hydrazine groups is 1. The van der Waals surface area contributed by atoms with Crippen LogP contribution in [0.15, 0.2) is 18.3 Å². The van der Waals surface area contributed by atoms with Gasteiger partial charge in [0.2, 0.25) is 5.91 Å². The molecule has 0 aliphatic carbocycles. The summed E-state index contributed by atoms with van der Waals surface area (Å²) in [5.74, 6) is 4.60. The van der Waals surface area contributed by atoms with Crippen LogP contribution in [0.4, 0.5) is 18.0 Å². The molecule has 0 bridgehead atoms. The SMILES string of the molecule is CC(C)(C)OC(=O)N[C@@H](CCC(=O)NN)Cc1ccc(C(F)(F)F)nc1. The average molecular weight is 376 g/mol. The van der Waals surface area contributed by atoms with Gasteiger partial charge in [0.15, 0.2) is 0 Å². The molecule has 26 heavy (non-hydrogen) atoms. The number of pyridine rings is 1. The number of nitrogens with zero attached hydrogens (tertiary/aromatic N) is 1. The van der Waals surface area contributed by atoms with E-state index < -0.39 is 35.5 Å². The smallest absolute Gasteiger partial charge is 0.433 e. The molecule has 4 N–H and O–H groups in total. The van der Waals surface area contributed by atoms with Crippen LogP contribution >= 0.6 is 0 Å². The molecule has 1 aromatic rings. The van der Waals surface area contributed by atoms with Crippen LogP contribution in [0.2, 0.25) is 0 Å². The largest absolute Gasteiger partial charge is 0.444 e. The highest BCUT2D eigenvalue weighted by molar-refractivity contribution is 5.75. The van der Waals surface area contributed by atoms with Gasteiger partial charge in [-0.1, -0.05) is 6.07 Å². The summed E-state index contributed by atoms with van der Waals surface area (Å²) in [5.41, 5.74) is 0.750. The maximum absolute atomic E-state index is 12.6. The van der Waals surface area contributed by atoms with Gasteiger partial charge in [0, 0.05) is 18.7 Å². The molecule has 1 atom stereocenters. The van der Waals surface area contributed by atoms with Gasteiger partial charge in [-0.15, -0.1) is 0 Å². The van der Waals surface area contributed by atoms with Gasteiger partial charge < -0.3 is 10.1 Å². The Morgan fingerprint density at radius 1 is 1.27 bits per heavy atom. The van der Waals surface area contributed by atoms with Crippen molar-refractivity contribution in [2.45, 2.75) is 57.9 Å². The first-order valence-electron chi connectivity index (χ1n) is 7.92. The van der Waals surface area contributed by atoms with E-state index in [4.69, 9.17) is 10.6 Å². The topological polar surface area (TPSA) is 106 Å². The number of hydrogen-bond donors (Lipinski definition) is 3. The van der Waals surface area contributed by atoms with Crippen molar-refractivity contribution in [1.82, 2.24) is 15.7 Å². The van der Waals surface area contributed by atoms with Crippen LogP contribution in [0.3, 0.4) is 0 Å².